The fraction of sp³-hybridized carbons (Fsp3) is 0.190. The van der Waals surface area contributed by atoms with E-state index in [9.17, 15) is 14.0 Å². The van der Waals surface area contributed by atoms with Gasteiger partial charge in [-0.3, -0.25) is 9.59 Å². The summed E-state index contributed by atoms with van der Waals surface area (Å²) in [6.45, 7) is 2.00. The van der Waals surface area contributed by atoms with Crippen LogP contribution in [-0.4, -0.2) is 21.1 Å². The topological polar surface area (TPSA) is 84.1 Å². The average Bonchev–Trinajstić information content (AvgIpc) is 2.72. The summed E-state index contributed by atoms with van der Waals surface area (Å²) in [5, 5.41) is 2.61. The van der Waals surface area contributed by atoms with Gasteiger partial charge in [0, 0.05) is 11.8 Å². The van der Waals surface area contributed by atoms with Crippen LogP contribution in [0.25, 0.3) is 0 Å². The number of carbonyl (C=O) groups is 1. The summed E-state index contributed by atoms with van der Waals surface area (Å²) in [7, 11) is 0. The van der Waals surface area contributed by atoms with Crippen LogP contribution in [0.4, 0.5) is 10.1 Å². The van der Waals surface area contributed by atoms with Gasteiger partial charge in [0.2, 0.25) is 5.91 Å². The molecule has 0 aliphatic rings. The van der Waals surface area contributed by atoms with Crippen molar-refractivity contribution in [2.45, 2.75) is 30.4 Å². The number of H-pyrrole nitrogens is 1. The van der Waals surface area contributed by atoms with E-state index in [2.05, 4.69) is 15.3 Å². The Morgan fingerprint density at radius 3 is 2.62 bits per heavy atom. The summed E-state index contributed by atoms with van der Waals surface area (Å²) in [5.41, 5.74) is 0.652. The molecule has 0 spiro atoms. The summed E-state index contributed by atoms with van der Waals surface area (Å²) in [4.78, 5) is 31.6. The number of nitrogens with one attached hydrogen (secondary N) is 2. The molecule has 1 heterocycles. The van der Waals surface area contributed by atoms with Gasteiger partial charge in [0.25, 0.3) is 5.56 Å². The van der Waals surface area contributed by atoms with Gasteiger partial charge in [-0.1, -0.05) is 36.9 Å². The Balaban J connectivity index is 1.66. The number of carbonyl (C=O) groups excluding carboxylic acids is 1. The van der Waals surface area contributed by atoms with Crippen LogP contribution in [0.5, 0.6) is 5.75 Å². The van der Waals surface area contributed by atoms with Crippen molar-refractivity contribution < 1.29 is 13.9 Å². The third-order valence-electron chi connectivity index (χ3n) is 3.93. The second-order valence-electron chi connectivity index (χ2n) is 6.15. The van der Waals surface area contributed by atoms with Crippen LogP contribution < -0.4 is 15.6 Å². The van der Waals surface area contributed by atoms with E-state index >= 15 is 0 Å². The lowest BCUT2D eigenvalue weighted by Gasteiger charge is -2.14. The number of ether oxygens (including phenoxy) is 1. The van der Waals surface area contributed by atoms with Crippen molar-refractivity contribution in [1.82, 2.24) is 9.97 Å². The molecule has 0 aliphatic heterocycles. The highest BCUT2D eigenvalue weighted by atomic mass is 32.2. The minimum absolute atomic E-state index is 0.139. The van der Waals surface area contributed by atoms with Crippen molar-refractivity contribution in [3.63, 3.8) is 0 Å². The number of para-hydroxylation sites is 1. The third-order valence-corrected chi connectivity index (χ3v) is 5.18. The number of amides is 1. The van der Waals surface area contributed by atoms with Crippen molar-refractivity contribution in [3.05, 3.63) is 82.5 Å². The van der Waals surface area contributed by atoms with Gasteiger partial charge in [-0.25, -0.2) is 9.37 Å². The molecule has 1 atom stereocenters. The number of anilines is 1. The van der Waals surface area contributed by atoms with E-state index < -0.39 is 5.25 Å². The van der Waals surface area contributed by atoms with Gasteiger partial charge >= 0.3 is 0 Å². The number of nitrogens with zero attached hydrogens (tertiary/aromatic N) is 1. The van der Waals surface area contributed by atoms with Crippen molar-refractivity contribution in [3.8, 4) is 5.75 Å². The maximum absolute atomic E-state index is 13.0. The molecule has 1 unspecified atom stereocenters. The predicted octanol–water partition coefficient (Wildman–Crippen LogP) is 4.00. The fourth-order valence-corrected chi connectivity index (χ4v) is 3.43. The van der Waals surface area contributed by atoms with Crippen LogP contribution in [0.2, 0.25) is 0 Å². The zero-order chi connectivity index (χ0) is 20.6. The molecular weight excluding hydrogens is 393 g/mol. The maximum atomic E-state index is 13.0. The summed E-state index contributed by atoms with van der Waals surface area (Å²) in [6.07, 6.45) is 0.520. The predicted molar refractivity (Wildman–Crippen MR) is 111 cm³/mol. The molecule has 0 saturated carbocycles. The molecule has 2 N–H and O–H groups in total. The number of aromatic nitrogens is 2. The van der Waals surface area contributed by atoms with E-state index in [1.165, 1.54) is 30.3 Å². The van der Waals surface area contributed by atoms with Gasteiger partial charge in [-0.2, -0.15) is 0 Å². The minimum atomic E-state index is -0.478. The standard InChI is InChI=1S/C21H20FN3O3S/c1-2-18(20(27)23-15-10-8-14(22)9-11-15)29-21-24-16(12-19(26)25-21)13-28-17-6-4-3-5-7-17/h3-12,18H,2,13H2,1H3,(H,23,27)(H,24,25,26). The van der Waals surface area contributed by atoms with E-state index in [-0.39, 0.29) is 23.9 Å². The Hall–Kier alpha value is -3.13. The Morgan fingerprint density at radius 1 is 1.21 bits per heavy atom. The number of hydrogen-bond donors (Lipinski definition) is 2. The lowest BCUT2D eigenvalue weighted by Crippen LogP contribution is -2.25. The van der Waals surface area contributed by atoms with Crippen LogP contribution in [-0.2, 0) is 11.4 Å². The Bertz CT molecular complexity index is 1010. The number of benzene rings is 2. The average molecular weight is 413 g/mol. The van der Waals surface area contributed by atoms with Gasteiger partial charge in [0.1, 0.15) is 18.2 Å². The zero-order valence-corrected chi connectivity index (χ0v) is 16.5. The molecule has 3 rings (SSSR count). The van der Waals surface area contributed by atoms with Crippen molar-refractivity contribution in [1.29, 1.82) is 0 Å². The molecule has 150 valence electrons. The normalized spacial score (nSPS) is 11.7. The number of halogens is 1. The summed E-state index contributed by atoms with van der Waals surface area (Å²) >= 11 is 1.16. The highest BCUT2D eigenvalue weighted by molar-refractivity contribution is 8.00. The molecule has 2 aromatic carbocycles. The second kappa shape index (κ2) is 9.88. The second-order valence-corrected chi connectivity index (χ2v) is 7.35. The number of hydrogen-bond acceptors (Lipinski definition) is 5. The van der Waals surface area contributed by atoms with Gasteiger partial charge in [-0.05, 0) is 42.8 Å². The molecule has 0 saturated heterocycles. The van der Waals surface area contributed by atoms with E-state index in [1.807, 2.05) is 37.3 Å². The molecule has 6 nitrogen and oxygen atoms in total. The molecule has 0 aliphatic carbocycles. The Kier molecular flexibility index (Phi) is 7.02. The molecule has 3 aromatic rings. The quantitative estimate of drug-likeness (QED) is 0.431. The van der Waals surface area contributed by atoms with Crippen LogP contribution in [0.15, 0.2) is 70.6 Å². The molecule has 0 fully saturated rings. The molecule has 1 amide bonds. The van der Waals surface area contributed by atoms with Crippen molar-refractivity contribution in [2.24, 2.45) is 0 Å². The van der Waals surface area contributed by atoms with Crippen molar-refractivity contribution >= 4 is 23.4 Å². The summed E-state index contributed by atoms with van der Waals surface area (Å²) < 4.78 is 18.6. The van der Waals surface area contributed by atoms with Gasteiger partial charge in [0.15, 0.2) is 5.16 Å². The van der Waals surface area contributed by atoms with E-state index in [4.69, 9.17) is 4.74 Å². The molecule has 0 radical (unpaired) electrons. The minimum Gasteiger partial charge on any atom is -0.487 e. The maximum Gasteiger partial charge on any atom is 0.251 e. The monoisotopic (exact) mass is 413 g/mol. The summed E-state index contributed by atoms with van der Waals surface area (Å²) in [5.74, 6) is 0.0484. The van der Waals surface area contributed by atoms with Crippen LogP contribution in [0.3, 0.4) is 0 Å². The summed E-state index contributed by atoms with van der Waals surface area (Å²) in [6, 6.07) is 16.1. The first-order chi connectivity index (χ1) is 14.0. The SMILES string of the molecule is CCC(Sc1nc(COc2ccccc2)cc(=O)[nH]1)C(=O)Nc1ccc(F)cc1. The highest BCUT2D eigenvalue weighted by Crippen LogP contribution is 2.23. The number of rotatable bonds is 8. The zero-order valence-electron chi connectivity index (χ0n) is 15.7. The first-order valence-electron chi connectivity index (χ1n) is 9.04. The molecule has 8 heteroatoms. The van der Waals surface area contributed by atoms with Crippen molar-refractivity contribution in [2.75, 3.05) is 5.32 Å². The molecule has 0 bridgehead atoms. The van der Waals surface area contributed by atoms with Crippen LogP contribution in [0, 0.1) is 5.82 Å². The number of thioether (sulfide) groups is 1. The van der Waals surface area contributed by atoms with E-state index in [0.29, 0.717) is 28.7 Å². The van der Waals surface area contributed by atoms with E-state index in [1.54, 1.807) is 0 Å². The van der Waals surface area contributed by atoms with Crippen LogP contribution >= 0.6 is 11.8 Å². The van der Waals surface area contributed by atoms with E-state index in [0.717, 1.165) is 11.8 Å². The Morgan fingerprint density at radius 2 is 1.93 bits per heavy atom. The van der Waals surface area contributed by atoms with Gasteiger partial charge in [0.05, 0.1) is 10.9 Å². The molecule has 29 heavy (non-hydrogen) atoms. The first-order valence-corrected chi connectivity index (χ1v) is 9.92. The number of aromatic amines is 1. The third kappa shape index (κ3) is 6.18. The molecular formula is C21H20FN3O3S. The van der Waals surface area contributed by atoms with Gasteiger partial charge < -0.3 is 15.0 Å². The highest BCUT2D eigenvalue weighted by Gasteiger charge is 2.20. The first kappa shape index (κ1) is 20.6. The fourth-order valence-electron chi connectivity index (χ4n) is 2.50. The lowest BCUT2D eigenvalue weighted by atomic mass is 10.2. The van der Waals surface area contributed by atoms with Crippen LogP contribution in [0.1, 0.15) is 19.0 Å². The smallest absolute Gasteiger partial charge is 0.251 e. The van der Waals surface area contributed by atoms with Gasteiger partial charge in [-0.15, -0.1) is 0 Å². The Labute approximate surface area is 171 Å². The molecule has 1 aromatic heterocycles. The largest absolute Gasteiger partial charge is 0.487 e. The lowest BCUT2D eigenvalue weighted by molar-refractivity contribution is -0.115.